The number of benzene rings is 3. The monoisotopic (exact) mass is 514 g/mol. The standard InChI is InChI=1S/C27H26N6O5/c34-25(35)17-38-14-13-37-12-11-28-27(36)19-7-5-18(6-8-19)16-33-23-4-2-1-3-21(23)22-15-20(9-10-24(22)33)26-29-31-32-30-26/h1-10,15H,11-14,16-17H2,(H,28,36)(H,34,35)(H,29,30,31,32). The second-order valence-corrected chi connectivity index (χ2v) is 8.58. The van der Waals surface area contributed by atoms with Crippen LogP contribution in [0.5, 0.6) is 0 Å². The van der Waals surface area contributed by atoms with Gasteiger partial charge in [-0.25, -0.2) is 4.79 Å². The average Bonchev–Trinajstić information content (AvgIpc) is 3.58. The molecule has 0 saturated carbocycles. The van der Waals surface area contributed by atoms with Crippen molar-refractivity contribution >= 4 is 33.7 Å². The summed E-state index contributed by atoms with van der Waals surface area (Å²) in [5.41, 5.74) is 4.72. The molecule has 2 aromatic heterocycles. The molecular formula is C27H26N6O5. The minimum atomic E-state index is -1.02. The Hall–Kier alpha value is -4.61. The Labute approximate surface area is 217 Å². The number of aliphatic carboxylic acids is 1. The Bertz CT molecular complexity index is 1550. The zero-order valence-corrected chi connectivity index (χ0v) is 20.5. The van der Waals surface area contributed by atoms with E-state index in [1.807, 2.05) is 42.5 Å². The highest BCUT2D eigenvalue weighted by molar-refractivity contribution is 6.09. The van der Waals surface area contributed by atoms with Crippen LogP contribution in [0.3, 0.4) is 0 Å². The van der Waals surface area contributed by atoms with E-state index in [1.54, 1.807) is 0 Å². The van der Waals surface area contributed by atoms with E-state index >= 15 is 0 Å². The van der Waals surface area contributed by atoms with Gasteiger partial charge >= 0.3 is 5.97 Å². The van der Waals surface area contributed by atoms with Gasteiger partial charge in [0.15, 0.2) is 0 Å². The third-order valence-corrected chi connectivity index (χ3v) is 6.06. The predicted molar refractivity (Wildman–Crippen MR) is 140 cm³/mol. The number of nitrogens with one attached hydrogen (secondary N) is 2. The number of nitrogens with zero attached hydrogens (tertiary/aromatic N) is 4. The molecule has 194 valence electrons. The smallest absolute Gasteiger partial charge is 0.329 e. The van der Waals surface area contributed by atoms with E-state index in [0.717, 1.165) is 32.9 Å². The highest BCUT2D eigenvalue weighted by Crippen LogP contribution is 2.32. The van der Waals surface area contributed by atoms with Gasteiger partial charge in [0, 0.05) is 46.0 Å². The molecule has 0 unspecified atom stereocenters. The number of carbonyl (C=O) groups excluding carboxylic acids is 1. The maximum Gasteiger partial charge on any atom is 0.329 e. The number of rotatable bonds is 12. The summed E-state index contributed by atoms with van der Waals surface area (Å²) in [6, 6.07) is 21.9. The van der Waals surface area contributed by atoms with Crippen molar-refractivity contribution < 1.29 is 24.2 Å². The fourth-order valence-corrected chi connectivity index (χ4v) is 4.31. The molecule has 0 saturated heterocycles. The Morgan fingerprint density at radius 2 is 1.71 bits per heavy atom. The first-order chi connectivity index (χ1) is 18.6. The molecule has 38 heavy (non-hydrogen) atoms. The van der Waals surface area contributed by atoms with Gasteiger partial charge in [0.25, 0.3) is 5.91 Å². The van der Waals surface area contributed by atoms with E-state index in [0.29, 0.717) is 31.1 Å². The number of para-hydroxylation sites is 1. The van der Waals surface area contributed by atoms with Crippen LogP contribution < -0.4 is 5.32 Å². The van der Waals surface area contributed by atoms with Crippen LogP contribution in [0.15, 0.2) is 66.7 Å². The highest BCUT2D eigenvalue weighted by Gasteiger charge is 2.14. The second kappa shape index (κ2) is 11.6. The first-order valence-corrected chi connectivity index (χ1v) is 12.1. The number of aromatic amines is 1. The summed E-state index contributed by atoms with van der Waals surface area (Å²) < 4.78 is 12.5. The quantitative estimate of drug-likeness (QED) is 0.216. The third kappa shape index (κ3) is 5.69. The van der Waals surface area contributed by atoms with Crippen LogP contribution in [0.1, 0.15) is 15.9 Å². The molecule has 0 spiro atoms. The fourth-order valence-electron chi connectivity index (χ4n) is 4.31. The normalized spacial score (nSPS) is 11.3. The summed E-state index contributed by atoms with van der Waals surface area (Å²) in [5.74, 6) is -0.657. The van der Waals surface area contributed by atoms with Gasteiger partial charge in [-0.3, -0.25) is 4.79 Å². The third-order valence-electron chi connectivity index (χ3n) is 6.06. The Balaban J connectivity index is 1.23. The molecule has 0 radical (unpaired) electrons. The molecule has 5 rings (SSSR count). The van der Waals surface area contributed by atoms with Crippen molar-refractivity contribution in [1.29, 1.82) is 0 Å². The largest absolute Gasteiger partial charge is 0.480 e. The number of H-pyrrole nitrogens is 1. The lowest BCUT2D eigenvalue weighted by Gasteiger charge is -2.10. The summed E-state index contributed by atoms with van der Waals surface area (Å²) in [6.07, 6.45) is 0. The van der Waals surface area contributed by atoms with Gasteiger partial charge in [0.1, 0.15) is 6.61 Å². The van der Waals surface area contributed by atoms with Crippen molar-refractivity contribution in [2.45, 2.75) is 6.54 Å². The van der Waals surface area contributed by atoms with E-state index in [1.165, 1.54) is 0 Å². The van der Waals surface area contributed by atoms with Crippen LogP contribution in [0, 0.1) is 0 Å². The van der Waals surface area contributed by atoms with Crippen molar-refractivity contribution in [3.63, 3.8) is 0 Å². The van der Waals surface area contributed by atoms with E-state index < -0.39 is 5.97 Å². The maximum atomic E-state index is 12.5. The predicted octanol–water partition coefficient (Wildman–Crippen LogP) is 2.87. The molecule has 0 fully saturated rings. The molecule has 2 heterocycles. The summed E-state index contributed by atoms with van der Waals surface area (Å²) in [7, 11) is 0. The van der Waals surface area contributed by atoms with Gasteiger partial charge in [-0.15, -0.1) is 10.2 Å². The lowest BCUT2D eigenvalue weighted by molar-refractivity contribution is -0.142. The molecule has 0 atom stereocenters. The van der Waals surface area contributed by atoms with E-state index in [2.05, 4.69) is 54.8 Å². The van der Waals surface area contributed by atoms with Crippen LogP contribution in [0.2, 0.25) is 0 Å². The number of carboxylic acids is 1. The number of amides is 1. The number of tetrazole rings is 1. The molecule has 3 N–H and O–H groups in total. The number of ether oxygens (including phenoxy) is 2. The number of carbonyl (C=O) groups is 2. The van der Waals surface area contributed by atoms with E-state index in [-0.39, 0.29) is 25.7 Å². The lowest BCUT2D eigenvalue weighted by atomic mass is 10.1. The average molecular weight is 515 g/mol. The summed E-state index contributed by atoms with van der Waals surface area (Å²) in [5, 5.41) is 27.9. The Morgan fingerprint density at radius 1 is 0.921 bits per heavy atom. The lowest BCUT2D eigenvalue weighted by Crippen LogP contribution is -2.27. The molecule has 3 aromatic carbocycles. The van der Waals surface area contributed by atoms with Crippen LogP contribution in [-0.2, 0) is 20.8 Å². The summed E-state index contributed by atoms with van der Waals surface area (Å²) in [4.78, 5) is 22.9. The number of aromatic nitrogens is 5. The zero-order chi connectivity index (χ0) is 26.3. The van der Waals surface area contributed by atoms with Gasteiger partial charge in [-0.1, -0.05) is 30.3 Å². The molecule has 1 amide bonds. The van der Waals surface area contributed by atoms with Crippen LogP contribution >= 0.6 is 0 Å². The molecule has 5 aromatic rings. The number of hydrogen-bond donors (Lipinski definition) is 3. The molecular weight excluding hydrogens is 488 g/mol. The van der Waals surface area contributed by atoms with E-state index in [4.69, 9.17) is 14.6 Å². The van der Waals surface area contributed by atoms with Gasteiger partial charge in [0.05, 0.1) is 19.8 Å². The van der Waals surface area contributed by atoms with Crippen molar-refractivity contribution in [3.05, 3.63) is 77.9 Å². The van der Waals surface area contributed by atoms with Crippen LogP contribution in [-0.4, -0.2) is 75.1 Å². The molecule has 0 aliphatic rings. The summed E-state index contributed by atoms with van der Waals surface area (Å²) >= 11 is 0. The van der Waals surface area contributed by atoms with Crippen molar-refractivity contribution in [2.75, 3.05) is 33.0 Å². The van der Waals surface area contributed by atoms with Crippen molar-refractivity contribution in [2.24, 2.45) is 0 Å². The molecule has 0 aliphatic carbocycles. The van der Waals surface area contributed by atoms with Gasteiger partial charge in [-0.2, -0.15) is 5.21 Å². The van der Waals surface area contributed by atoms with Crippen LogP contribution in [0.4, 0.5) is 0 Å². The first-order valence-electron chi connectivity index (χ1n) is 12.1. The van der Waals surface area contributed by atoms with Crippen molar-refractivity contribution in [1.82, 2.24) is 30.5 Å². The number of carboxylic acid groups (broad SMARTS) is 1. The SMILES string of the molecule is O=C(O)COCCOCCNC(=O)c1ccc(Cn2c3ccccc3c3cc(-c4nn[nH]n4)ccc32)cc1. The van der Waals surface area contributed by atoms with Crippen molar-refractivity contribution in [3.8, 4) is 11.4 Å². The first kappa shape index (κ1) is 25.1. The second-order valence-electron chi connectivity index (χ2n) is 8.58. The topological polar surface area (TPSA) is 144 Å². The zero-order valence-electron chi connectivity index (χ0n) is 20.5. The Morgan fingerprint density at radius 3 is 2.50 bits per heavy atom. The van der Waals surface area contributed by atoms with Gasteiger partial charge < -0.3 is 24.5 Å². The van der Waals surface area contributed by atoms with Crippen LogP contribution in [0.25, 0.3) is 33.2 Å². The molecule has 11 nitrogen and oxygen atoms in total. The highest BCUT2D eigenvalue weighted by atomic mass is 16.5. The number of hydrogen-bond acceptors (Lipinski definition) is 7. The molecule has 0 aliphatic heterocycles. The molecule has 0 bridgehead atoms. The fraction of sp³-hybridized carbons (Fsp3) is 0.222. The van der Waals surface area contributed by atoms with Gasteiger partial charge in [0.2, 0.25) is 5.82 Å². The minimum absolute atomic E-state index is 0.187. The number of fused-ring (bicyclic) bond motifs is 3. The Kier molecular flexibility index (Phi) is 7.67. The molecule has 11 heteroatoms. The summed E-state index contributed by atoms with van der Waals surface area (Å²) in [6.45, 7) is 1.39. The maximum absolute atomic E-state index is 12.5. The van der Waals surface area contributed by atoms with Gasteiger partial charge in [-0.05, 0) is 47.2 Å². The minimum Gasteiger partial charge on any atom is -0.480 e. The van der Waals surface area contributed by atoms with E-state index in [9.17, 15) is 9.59 Å².